The second kappa shape index (κ2) is 3.32. The summed E-state index contributed by atoms with van der Waals surface area (Å²) in [5.41, 5.74) is -0.176. The van der Waals surface area contributed by atoms with E-state index >= 15 is 0 Å². The maximum absolute atomic E-state index is 5.68. The van der Waals surface area contributed by atoms with Gasteiger partial charge in [0.15, 0.2) is 0 Å². The summed E-state index contributed by atoms with van der Waals surface area (Å²) in [5, 5.41) is 7.11. The van der Waals surface area contributed by atoms with E-state index in [2.05, 4.69) is 15.5 Å². The fourth-order valence-electron chi connectivity index (χ4n) is 1.84. The zero-order chi connectivity index (χ0) is 10.1. The van der Waals surface area contributed by atoms with Gasteiger partial charge in [-0.05, 0) is 0 Å². The van der Waals surface area contributed by atoms with Crippen LogP contribution in [0.4, 0.5) is 0 Å². The molecule has 15 heavy (non-hydrogen) atoms. The Balaban J connectivity index is 2.02. The van der Waals surface area contributed by atoms with E-state index < -0.39 is 5.72 Å². The molecule has 0 bridgehead atoms. The summed E-state index contributed by atoms with van der Waals surface area (Å²) < 4.78 is 16.0. The molecule has 0 radical (unpaired) electrons. The van der Waals surface area contributed by atoms with Gasteiger partial charge in [0.25, 0.3) is 0 Å². The number of rotatable bonds is 2. The van der Waals surface area contributed by atoms with E-state index in [9.17, 15) is 0 Å². The third-order valence-electron chi connectivity index (χ3n) is 2.48. The van der Waals surface area contributed by atoms with Gasteiger partial charge in [0.2, 0.25) is 11.6 Å². The molecular formula is C9H11N3O3. The van der Waals surface area contributed by atoms with E-state index in [-0.39, 0.29) is 0 Å². The third kappa shape index (κ3) is 1.25. The van der Waals surface area contributed by atoms with E-state index in [4.69, 9.17) is 14.0 Å². The summed E-state index contributed by atoms with van der Waals surface area (Å²) in [5.74, 6) is 0.550. The molecule has 6 nitrogen and oxygen atoms in total. The van der Waals surface area contributed by atoms with Crippen LogP contribution in [-0.4, -0.2) is 37.4 Å². The van der Waals surface area contributed by atoms with Gasteiger partial charge in [0.1, 0.15) is 18.6 Å². The average Bonchev–Trinajstić information content (AvgIpc) is 3.02. The second-order valence-electron chi connectivity index (χ2n) is 3.38. The summed E-state index contributed by atoms with van der Waals surface area (Å²) in [6.45, 7) is 2.62. The Morgan fingerprint density at radius 2 is 2.40 bits per heavy atom. The van der Waals surface area contributed by atoms with E-state index in [1.807, 2.05) is 0 Å². The second-order valence-corrected chi connectivity index (χ2v) is 3.38. The fourth-order valence-corrected chi connectivity index (χ4v) is 1.84. The maximum Gasteiger partial charge on any atom is 0.243 e. The van der Waals surface area contributed by atoms with Gasteiger partial charge in [0, 0.05) is 12.6 Å². The molecule has 0 aliphatic carbocycles. The first-order valence-corrected chi connectivity index (χ1v) is 4.89. The standard InChI is InChI=1S/C9H11N3O3/c1-4-15-12-7(1)9(11-3-6-14-9)8-10-2-5-13-8/h1,4,11H,2-3,5-6H2. The van der Waals surface area contributed by atoms with Crippen LogP contribution in [0.15, 0.2) is 21.8 Å². The zero-order valence-electron chi connectivity index (χ0n) is 8.10. The van der Waals surface area contributed by atoms with Crippen molar-refractivity contribution in [3.05, 3.63) is 18.0 Å². The lowest BCUT2D eigenvalue weighted by molar-refractivity contribution is 0.0226. The van der Waals surface area contributed by atoms with Gasteiger partial charge in [-0.15, -0.1) is 0 Å². The number of aliphatic imine (C=N–C) groups is 1. The highest BCUT2D eigenvalue weighted by atomic mass is 16.6. The molecule has 0 saturated carbocycles. The molecule has 0 aromatic carbocycles. The lowest BCUT2D eigenvalue weighted by Crippen LogP contribution is -2.46. The molecule has 2 aliphatic rings. The molecule has 1 unspecified atom stereocenters. The third-order valence-corrected chi connectivity index (χ3v) is 2.48. The highest BCUT2D eigenvalue weighted by Crippen LogP contribution is 2.28. The van der Waals surface area contributed by atoms with Crippen LogP contribution in [0.3, 0.4) is 0 Å². The first kappa shape index (κ1) is 8.87. The highest BCUT2D eigenvalue weighted by molar-refractivity contribution is 5.87. The number of nitrogens with zero attached hydrogens (tertiary/aromatic N) is 2. The van der Waals surface area contributed by atoms with Crippen molar-refractivity contribution in [1.82, 2.24) is 10.5 Å². The number of aromatic nitrogens is 1. The number of ether oxygens (including phenoxy) is 2. The van der Waals surface area contributed by atoms with Crippen LogP contribution in [0.25, 0.3) is 0 Å². The van der Waals surface area contributed by atoms with Crippen molar-refractivity contribution < 1.29 is 14.0 Å². The van der Waals surface area contributed by atoms with Gasteiger partial charge in [-0.3, -0.25) is 5.32 Å². The normalized spacial score (nSPS) is 30.3. The van der Waals surface area contributed by atoms with Gasteiger partial charge in [-0.1, -0.05) is 5.16 Å². The van der Waals surface area contributed by atoms with Gasteiger partial charge < -0.3 is 14.0 Å². The lowest BCUT2D eigenvalue weighted by Gasteiger charge is -2.24. The van der Waals surface area contributed by atoms with Crippen LogP contribution in [-0.2, 0) is 15.2 Å². The van der Waals surface area contributed by atoms with E-state index in [1.165, 1.54) is 6.26 Å². The van der Waals surface area contributed by atoms with Crippen molar-refractivity contribution in [2.75, 3.05) is 26.3 Å². The van der Waals surface area contributed by atoms with Gasteiger partial charge in [-0.2, -0.15) is 0 Å². The van der Waals surface area contributed by atoms with Gasteiger partial charge in [0.05, 0.1) is 13.2 Å². The van der Waals surface area contributed by atoms with Gasteiger partial charge >= 0.3 is 0 Å². The van der Waals surface area contributed by atoms with Crippen LogP contribution < -0.4 is 5.32 Å². The average molecular weight is 209 g/mol. The molecule has 1 N–H and O–H groups in total. The zero-order valence-corrected chi connectivity index (χ0v) is 8.10. The van der Waals surface area contributed by atoms with E-state index in [0.717, 1.165) is 6.54 Å². The van der Waals surface area contributed by atoms with E-state index in [1.54, 1.807) is 6.07 Å². The van der Waals surface area contributed by atoms with Crippen molar-refractivity contribution in [2.45, 2.75) is 5.72 Å². The minimum Gasteiger partial charge on any atom is -0.476 e. The lowest BCUT2D eigenvalue weighted by atomic mass is 10.1. The van der Waals surface area contributed by atoms with Crippen molar-refractivity contribution in [3.63, 3.8) is 0 Å². The van der Waals surface area contributed by atoms with E-state index in [0.29, 0.717) is 31.4 Å². The molecule has 80 valence electrons. The predicted molar refractivity (Wildman–Crippen MR) is 50.4 cm³/mol. The molecule has 1 aromatic heterocycles. The summed E-state index contributed by atoms with van der Waals surface area (Å²) in [7, 11) is 0. The highest BCUT2D eigenvalue weighted by Gasteiger charge is 2.47. The summed E-state index contributed by atoms with van der Waals surface area (Å²) >= 11 is 0. The maximum atomic E-state index is 5.68. The van der Waals surface area contributed by atoms with Gasteiger partial charge in [-0.25, -0.2) is 4.99 Å². The summed E-state index contributed by atoms with van der Waals surface area (Å²) in [6, 6.07) is 1.75. The Bertz CT molecular complexity index is 368. The smallest absolute Gasteiger partial charge is 0.243 e. The van der Waals surface area contributed by atoms with Crippen molar-refractivity contribution >= 4 is 5.90 Å². The molecule has 0 amide bonds. The topological polar surface area (TPSA) is 68.9 Å². The van der Waals surface area contributed by atoms with Crippen LogP contribution >= 0.6 is 0 Å². The molecule has 1 saturated heterocycles. The SMILES string of the molecule is c1cc(C2(C3=NCCO3)NCCO2)no1. The molecule has 1 aromatic rings. The predicted octanol–water partition coefficient (Wildman–Crippen LogP) is -0.124. The minimum atomic E-state index is -0.830. The Labute approximate surface area is 86.2 Å². The Morgan fingerprint density at radius 3 is 3.00 bits per heavy atom. The molecule has 2 aliphatic heterocycles. The summed E-state index contributed by atoms with van der Waals surface area (Å²) in [4.78, 5) is 4.27. The Morgan fingerprint density at radius 1 is 1.40 bits per heavy atom. The molecule has 1 fully saturated rings. The van der Waals surface area contributed by atoms with Crippen LogP contribution in [0.2, 0.25) is 0 Å². The quantitative estimate of drug-likeness (QED) is 0.735. The van der Waals surface area contributed by atoms with Crippen molar-refractivity contribution in [2.24, 2.45) is 4.99 Å². The molecule has 6 heteroatoms. The minimum absolute atomic E-state index is 0.550. The first-order chi connectivity index (χ1) is 7.42. The van der Waals surface area contributed by atoms with Crippen molar-refractivity contribution in [1.29, 1.82) is 0 Å². The number of hydrogen-bond donors (Lipinski definition) is 1. The molecule has 3 heterocycles. The Kier molecular flexibility index (Phi) is 1.96. The molecule has 3 rings (SSSR count). The van der Waals surface area contributed by atoms with Crippen LogP contribution in [0.1, 0.15) is 5.69 Å². The molecular weight excluding hydrogens is 198 g/mol. The number of nitrogens with one attached hydrogen (secondary N) is 1. The molecule has 0 spiro atoms. The van der Waals surface area contributed by atoms with Crippen molar-refractivity contribution in [3.8, 4) is 0 Å². The van der Waals surface area contributed by atoms with Crippen LogP contribution in [0, 0.1) is 0 Å². The fraction of sp³-hybridized carbons (Fsp3) is 0.556. The largest absolute Gasteiger partial charge is 0.476 e. The monoisotopic (exact) mass is 209 g/mol. The van der Waals surface area contributed by atoms with Crippen LogP contribution in [0.5, 0.6) is 0 Å². The number of hydrogen-bond acceptors (Lipinski definition) is 6. The Hall–Kier alpha value is -1.40. The first-order valence-electron chi connectivity index (χ1n) is 4.89. The molecule has 1 atom stereocenters. The summed E-state index contributed by atoms with van der Waals surface area (Å²) in [6.07, 6.45) is 1.51.